The Balaban J connectivity index is 0.000000347. The van der Waals surface area contributed by atoms with Gasteiger partial charge in [-0.2, -0.15) is 0 Å². The number of benzene rings is 2. The molecule has 0 atom stereocenters. The summed E-state index contributed by atoms with van der Waals surface area (Å²) in [5.41, 5.74) is 7.27. The maximum Gasteiger partial charge on any atom is 0.162 e. The molecule has 0 spiro atoms. The Morgan fingerprint density at radius 1 is 0.918 bits per heavy atom. The SMILES string of the molecule is CC(C)Cc1cc2occ(-c3ccnc(-c4[c-]c5ccccc5c(C(C)(C)C)c4)c3)c2cn1.CCC(CC)C(=O)/C=C(\O)C(CC)CC.[Ir]. The van der Waals surface area contributed by atoms with Gasteiger partial charge in [-0.05, 0) is 55.1 Å². The molecule has 0 bridgehead atoms. The minimum absolute atomic E-state index is 0. The zero-order valence-electron chi connectivity index (χ0n) is 30.7. The zero-order chi connectivity index (χ0) is 35.0. The van der Waals surface area contributed by atoms with Gasteiger partial charge in [-0.25, -0.2) is 0 Å². The summed E-state index contributed by atoms with van der Waals surface area (Å²) >= 11 is 0. The number of carbonyl (C=O) groups excluding carboxylic acids is 1. The average molecular weight is 838 g/mol. The number of aliphatic hydroxyl groups excluding tert-OH is 1. The van der Waals surface area contributed by atoms with E-state index in [9.17, 15) is 9.90 Å². The fourth-order valence-electron chi connectivity index (χ4n) is 6.23. The molecule has 49 heavy (non-hydrogen) atoms. The number of rotatable bonds is 11. The van der Waals surface area contributed by atoms with Crippen molar-refractivity contribution in [2.75, 3.05) is 0 Å². The molecule has 3 aromatic heterocycles. The van der Waals surface area contributed by atoms with Crippen LogP contribution in [0.15, 0.2) is 83.4 Å². The second-order valence-electron chi connectivity index (χ2n) is 14.2. The fourth-order valence-corrected chi connectivity index (χ4v) is 6.23. The van der Waals surface area contributed by atoms with Gasteiger partial charge in [0.25, 0.3) is 0 Å². The van der Waals surface area contributed by atoms with Crippen LogP contribution in [-0.2, 0) is 36.7 Å². The number of aliphatic hydroxyl groups is 1. The van der Waals surface area contributed by atoms with Crippen LogP contribution < -0.4 is 0 Å². The van der Waals surface area contributed by atoms with Crippen LogP contribution in [0.1, 0.15) is 99.3 Å². The fraction of sp³-hybridized carbons (Fsp3) is 0.419. The first kappa shape index (κ1) is 39.8. The van der Waals surface area contributed by atoms with Crippen molar-refractivity contribution in [1.82, 2.24) is 9.97 Å². The molecule has 2 aromatic carbocycles. The Labute approximate surface area is 307 Å². The maximum absolute atomic E-state index is 11.7. The molecule has 6 heteroatoms. The first-order valence-corrected chi connectivity index (χ1v) is 17.6. The van der Waals surface area contributed by atoms with Gasteiger partial charge in [0.1, 0.15) is 5.58 Å². The largest absolute Gasteiger partial charge is 0.512 e. The van der Waals surface area contributed by atoms with Crippen LogP contribution in [-0.4, -0.2) is 20.9 Å². The van der Waals surface area contributed by atoms with Gasteiger partial charge in [0.2, 0.25) is 0 Å². The molecule has 3 heterocycles. The summed E-state index contributed by atoms with van der Waals surface area (Å²) in [6.07, 6.45) is 11.5. The molecule has 0 aliphatic rings. The number of furan rings is 1. The van der Waals surface area contributed by atoms with Gasteiger partial charge in [-0.1, -0.05) is 97.5 Å². The molecule has 0 unspecified atom stereocenters. The van der Waals surface area contributed by atoms with Crippen molar-refractivity contribution >= 4 is 27.5 Å². The van der Waals surface area contributed by atoms with E-state index in [1.54, 1.807) is 0 Å². The summed E-state index contributed by atoms with van der Waals surface area (Å²) in [7, 11) is 0. The average Bonchev–Trinajstić information content (AvgIpc) is 3.48. The molecule has 5 nitrogen and oxygen atoms in total. The van der Waals surface area contributed by atoms with Crippen LogP contribution in [0, 0.1) is 23.8 Å². The number of aromatic nitrogens is 2. The van der Waals surface area contributed by atoms with Gasteiger partial charge in [0.05, 0.1) is 12.0 Å². The van der Waals surface area contributed by atoms with Gasteiger partial charge in [-0.3, -0.25) is 14.8 Å². The quantitative estimate of drug-likeness (QED) is 0.0815. The molecule has 0 aliphatic heterocycles. The molecule has 5 rings (SSSR count). The van der Waals surface area contributed by atoms with Crippen LogP contribution in [0.2, 0.25) is 0 Å². The van der Waals surface area contributed by atoms with E-state index in [0.717, 1.165) is 76.5 Å². The summed E-state index contributed by atoms with van der Waals surface area (Å²) < 4.78 is 5.92. The Hall–Kier alpha value is -3.60. The molecular formula is C43H53IrN2O3-. The molecule has 1 radical (unpaired) electrons. The molecule has 1 N–H and O–H groups in total. The van der Waals surface area contributed by atoms with Gasteiger partial charge in [0, 0.05) is 78.8 Å². The third-order valence-corrected chi connectivity index (χ3v) is 9.15. The Kier molecular flexibility index (Phi) is 14.5. The van der Waals surface area contributed by atoms with Crippen LogP contribution in [0.5, 0.6) is 0 Å². The first-order valence-electron chi connectivity index (χ1n) is 17.6. The number of pyridine rings is 2. The molecule has 5 aromatic rings. The van der Waals surface area contributed by atoms with Crippen molar-refractivity contribution in [3.05, 3.63) is 96.3 Å². The van der Waals surface area contributed by atoms with E-state index < -0.39 is 0 Å². The minimum atomic E-state index is 0. The number of ketones is 1. The van der Waals surface area contributed by atoms with Crippen LogP contribution >= 0.6 is 0 Å². The number of nitrogens with zero attached hydrogens (tertiary/aromatic N) is 2. The number of fused-ring (bicyclic) bond motifs is 2. The molecule has 0 saturated carbocycles. The van der Waals surface area contributed by atoms with E-state index in [4.69, 9.17) is 9.40 Å². The Bertz CT molecular complexity index is 1860. The van der Waals surface area contributed by atoms with Crippen molar-refractivity contribution in [3.8, 4) is 22.4 Å². The summed E-state index contributed by atoms with van der Waals surface area (Å²) in [5, 5.41) is 13.1. The first-order chi connectivity index (χ1) is 22.9. The van der Waals surface area contributed by atoms with E-state index in [1.807, 2.05) is 52.4 Å². The molecule has 0 saturated heterocycles. The van der Waals surface area contributed by atoms with E-state index in [1.165, 1.54) is 17.0 Å². The van der Waals surface area contributed by atoms with Crippen LogP contribution in [0.4, 0.5) is 0 Å². The molecular weight excluding hydrogens is 785 g/mol. The standard InChI is InChI=1S/C30H29N2O.C13H24O2.Ir/c1-19(2)12-23-16-29-25(17-32-23)26(18-33-29)21-10-11-31-28(15-21)22-13-20-8-6-7-9-24(20)27(14-22)30(3,4)5;1-5-10(6-2)12(14)9-13(15)11(7-3)8-4;/h6-11,14-19H,12H2,1-5H3;9-11,14H,5-8H2,1-4H3;/q-1;;/b;12-9-;. The third-order valence-electron chi connectivity index (χ3n) is 9.15. The van der Waals surface area contributed by atoms with Crippen molar-refractivity contribution in [1.29, 1.82) is 0 Å². The predicted octanol–water partition coefficient (Wildman–Crippen LogP) is 11.9. The molecule has 0 amide bonds. The number of hydrogen-bond donors (Lipinski definition) is 1. The second kappa shape index (κ2) is 17.9. The van der Waals surface area contributed by atoms with E-state index in [2.05, 4.69) is 88.1 Å². The smallest absolute Gasteiger partial charge is 0.162 e. The third kappa shape index (κ3) is 9.99. The van der Waals surface area contributed by atoms with Crippen molar-refractivity contribution in [2.24, 2.45) is 17.8 Å². The second-order valence-corrected chi connectivity index (χ2v) is 14.2. The topological polar surface area (TPSA) is 76.2 Å². The minimum Gasteiger partial charge on any atom is -0.512 e. The monoisotopic (exact) mass is 838 g/mol. The number of hydrogen-bond acceptors (Lipinski definition) is 5. The summed E-state index contributed by atoms with van der Waals surface area (Å²) in [4.78, 5) is 21.1. The van der Waals surface area contributed by atoms with Crippen molar-refractivity contribution in [2.45, 2.75) is 99.8 Å². The van der Waals surface area contributed by atoms with Gasteiger partial charge in [0.15, 0.2) is 5.78 Å². The molecule has 0 fully saturated rings. The number of allylic oxidation sites excluding steroid dienone is 2. The summed E-state index contributed by atoms with van der Waals surface area (Å²) in [6, 6.07) is 20.5. The van der Waals surface area contributed by atoms with Crippen LogP contribution in [0.3, 0.4) is 0 Å². The van der Waals surface area contributed by atoms with Gasteiger partial charge < -0.3 is 9.52 Å². The van der Waals surface area contributed by atoms with Gasteiger partial charge >= 0.3 is 0 Å². The van der Waals surface area contributed by atoms with Crippen molar-refractivity contribution < 1.29 is 34.4 Å². The van der Waals surface area contributed by atoms with Gasteiger partial charge in [-0.15, -0.1) is 29.1 Å². The van der Waals surface area contributed by atoms with E-state index in [-0.39, 0.29) is 48.9 Å². The summed E-state index contributed by atoms with van der Waals surface area (Å²) in [5.74, 6) is 1.11. The van der Waals surface area contributed by atoms with E-state index in [0.29, 0.717) is 5.92 Å². The predicted molar refractivity (Wildman–Crippen MR) is 200 cm³/mol. The molecule has 263 valence electrons. The summed E-state index contributed by atoms with van der Waals surface area (Å²) in [6.45, 7) is 19.2. The normalized spacial score (nSPS) is 12.0. The maximum atomic E-state index is 11.7. The van der Waals surface area contributed by atoms with Crippen LogP contribution in [0.25, 0.3) is 44.1 Å². The Morgan fingerprint density at radius 3 is 2.22 bits per heavy atom. The molecule has 0 aliphatic carbocycles. The Morgan fingerprint density at radius 2 is 1.59 bits per heavy atom. The number of carbonyl (C=O) groups is 1. The van der Waals surface area contributed by atoms with Crippen molar-refractivity contribution in [3.63, 3.8) is 0 Å². The zero-order valence-corrected chi connectivity index (χ0v) is 33.1. The van der Waals surface area contributed by atoms with E-state index >= 15 is 0 Å².